The van der Waals surface area contributed by atoms with Crippen LogP contribution in [0.5, 0.6) is 0 Å². The summed E-state index contributed by atoms with van der Waals surface area (Å²) in [5, 5.41) is 11.4. The van der Waals surface area contributed by atoms with Crippen LogP contribution in [0, 0.1) is 0 Å². The summed E-state index contributed by atoms with van der Waals surface area (Å²) in [5.41, 5.74) is 0. The molecule has 1 saturated heterocycles. The molecular weight excluding hydrogens is 216 g/mol. The van der Waals surface area contributed by atoms with Gasteiger partial charge in [0.05, 0.1) is 0 Å². The van der Waals surface area contributed by atoms with Crippen LogP contribution in [0.1, 0.15) is 12.8 Å². The molecule has 0 unspecified atom stereocenters. The van der Waals surface area contributed by atoms with Gasteiger partial charge >= 0.3 is 0 Å². The lowest BCUT2D eigenvalue weighted by atomic mass is 10.2. The van der Waals surface area contributed by atoms with E-state index in [1.165, 1.54) is 32.6 Å². The second-order valence-corrected chi connectivity index (χ2v) is 4.60. The SMILES string of the molecule is CN1CCN(CCCCSOOO)CC1. The van der Waals surface area contributed by atoms with E-state index in [1.54, 1.807) is 0 Å². The Kier molecular flexibility index (Phi) is 7.33. The fraction of sp³-hybridized carbons (Fsp3) is 1.00. The molecule has 6 heteroatoms. The predicted molar refractivity (Wildman–Crippen MR) is 60.4 cm³/mol. The Morgan fingerprint density at radius 2 is 1.93 bits per heavy atom. The Bertz CT molecular complexity index is 154. The van der Waals surface area contributed by atoms with E-state index >= 15 is 0 Å². The van der Waals surface area contributed by atoms with Crippen LogP contribution in [0.25, 0.3) is 0 Å². The fourth-order valence-corrected chi connectivity index (χ4v) is 2.06. The second kappa shape index (κ2) is 8.32. The van der Waals surface area contributed by atoms with Gasteiger partial charge in [-0.1, -0.05) is 5.04 Å². The number of unbranched alkanes of at least 4 members (excludes halogenated alkanes) is 1. The molecule has 1 heterocycles. The zero-order valence-electron chi connectivity index (χ0n) is 9.22. The molecule has 0 amide bonds. The zero-order chi connectivity index (χ0) is 10.9. The van der Waals surface area contributed by atoms with Gasteiger partial charge in [-0.05, 0) is 26.4 Å². The lowest BCUT2D eigenvalue weighted by Gasteiger charge is -2.32. The van der Waals surface area contributed by atoms with Crippen LogP contribution >= 0.6 is 12.0 Å². The number of nitrogens with zero attached hydrogens (tertiary/aromatic N) is 2. The molecule has 0 radical (unpaired) electrons. The van der Waals surface area contributed by atoms with Gasteiger partial charge in [-0.2, -0.15) is 0 Å². The third-order valence-electron chi connectivity index (χ3n) is 2.63. The van der Waals surface area contributed by atoms with E-state index in [1.807, 2.05) is 0 Å². The summed E-state index contributed by atoms with van der Waals surface area (Å²) >= 11 is 1.14. The fourth-order valence-electron chi connectivity index (χ4n) is 1.62. The van der Waals surface area contributed by atoms with Crippen LogP contribution in [-0.2, 0) is 9.37 Å². The van der Waals surface area contributed by atoms with Crippen LogP contribution in [0.2, 0.25) is 0 Å². The highest BCUT2D eigenvalue weighted by molar-refractivity contribution is 7.94. The summed E-state index contributed by atoms with van der Waals surface area (Å²) in [6.07, 6.45) is 2.26. The minimum atomic E-state index is 0.855. The number of hydrogen-bond acceptors (Lipinski definition) is 6. The van der Waals surface area contributed by atoms with Gasteiger partial charge in [0.2, 0.25) is 0 Å². The Morgan fingerprint density at radius 1 is 1.20 bits per heavy atom. The van der Waals surface area contributed by atoms with Crippen LogP contribution in [0.3, 0.4) is 0 Å². The minimum Gasteiger partial charge on any atom is -0.304 e. The van der Waals surface area contributed by atoms with E-state index < -0.39 is 0 Å². The molecule has 1 fully saturated rings. The first kappa shape index (κ1) is 13.2. The molecule has 0 atom stereocenters. The Hall–Kier alpha value is 0.150. The van der Waals surface area contributed by atoms with E-state index in [2.05, 4.69) is 26.2 Å². The number of rotatable bonds is 7. The lowest BCUT2D eigenvalue weighted by molar-refractivity contribution is -0.432. The molecule has 1 aliphatic rings. The summed E-state index contributed by atoms with van der Waals surface area (Å²) in [7, 11) is 2.17. The number of hydrogen-bond donors (Lipinski definition) is 1. The van der Waals surface area contributed by atoms with Gasteiger partial charge in [0, 0.05) is 44.0 Å². The van der Waals surface area contributed by atoms with Crippen molar-refractivity contribution in [3.05, 3.63) is 0 Å². The van der Waals surface area contributed by atoms with Crippen molar-refractivity contribution in [1.82, 2.24) is 9.80 Å². The van der Waals surface area contributed by atoms with Crippen molar-refractivity contribution in [1.29, 1.82) is 0 Å². The molecule has 0 aromatic rings. The van der Waals surface area contributed by atoms with Crippen molar-refractivity contribution < 1.29 is 14.6 Å². The molecular formula is C9H20N2O3S. The van der Waals surface area contributed by atoms with Crippen molar-refractivity contribution in [2.45, 2.75) is 12.8 Å². The molecule has 15 heavy (non-hydrogen) atoms. The van der Waals surface area contributed by atoms with Crippen molar-refractivity contribution >= 4 is 12.0 Å². The van der Waals surface area contributed by atoms with Crippen molar-refractivity contribution in [2.75, 3.05) is 45.5 Å². The second-order valence-electron chi connectivity index (χ2n) is 3.82. The van der Waals surface area contributed by atoms with Gasteiger partial charge in [-0.3, -0.25) is 0 Å². The maximum Gasteiger partial charge on any atom is 0.0346 e. The van der Waals surface area contributed by atoms with E-state index in [9.17, 15) is 0 Å². The van der Waals surface area contributed by atoms with Crippen LogP contribution in [-0.4, -0.2) is 60.6 Å². The highest BCUT2D eigenvalue weighted by Crippen LogP contribution is 2.07. The molecule has 0 spiro atoms. The number of likely N-dealkylation sites (N-methyl/N-ethyl adjacent to an activating group) is 1. The van der Waals surface area contributed by atoms with Gasteiger partial charge < -0.3 is 9.80 Å². The summed E-state index contributed by atoms with van der Waals surface area (Å²) in [5.74, 6) is 0.855. The highest BCUT2D eigenvalue weighted by Gasteiger charge is 2.12. The van der Waals surface area contributed by atoms with Crippen molar-refractivity contribution in [3.63, 3.8) is 0 Å². The van der Waals surface area contributed by atoms with Gasteiger partial charge in [0.1, 0.15) is 0 Å². The molecule has 90 valence electrons. The quantitative estimate of drug-likeness (QED) is 0.309. The van der Waals surface area contributed by atoms with E-state index in [4.69, 9.17) is 5.26 Å². The summed E-state index contributed by atoms with van der Waals surface area (Å²) in [4.78, 5) is 4.85. The summed E-state index contributed by atoms with van der Waals surface area (Å²) < 4.78 is 4.29. The molecule has 0 saturated carbocycles. The van der Waals surface area contributed by atoms with Crippen molar-refractivity contribution in [2.24, 2.45) is 0 Å². The van der Waals surface area contributed by atoms with E-state index in [0.717, 1.165) is 30.8 Å². The van der Waals surface area contributed by atoms with Crippen LogP contribution in [0.15, 0.2) is 0 Å². The van der Waals surface area contributed by atoms with Gasteiger partial charge in [-0.15, -0.1) is 4.33 Å². The normalized spacial score (nSPS) is 19.6. The molecule has 1 rings (SSSR count). The molecule has 0 aromatic carbocycles. The Labute approximate surface area is 95.4 Å². The molecule has 1 aliphatic heterocycles. The predicted octanol–water partition coefficient (Wildman–Crippen LogP) is 1.08. The standard InChI is InChI=1S/C9H20N2O3S/c1-10-5-7-11(8-6-10)4-2-3-9-15-14-13-12/h12H,2-9H2,1H3. The third-order valence-corrected chi connectivity index (χ3v) is 3.24. The van der Waals surface area contributed by atoms with E-state index in [-0.39, 0.29) is 0 Å². The average molecular weight is 236 g/mol. The largest absolute Gasteiger partial charge is 0.304 e. The first-order valence-electron chi connectivity index (χ1n) is 5.33. The smallest absolute Gasteiger partial charge is 0.0346 e. The first-order chi connectivity index (χ1) is 7.33. The summed E-state index contributed by atoms with van der Waals surface area (Å²) in [6, 6.07) is 0. The molecule has 0 aromatic heterocycles. The summed E-state index contributed by atoms with van der Waals surface area (Å²) in [6.45, 7) is 5.88. The van der Waals surface area contributed by atoms with Gasteiger partial charge in [0.25, 0.3) is 0 Å². The first-order valence-corrected chi connectivity index (χ1v) is 6.24. The highest BCUT2D eigenvalue weighted by atomic mass is 32.2. The molecule has 5 nitrogen and oxygen atoms in total. The van der Waals surface area contributed by atoms with E-state index in [0.29, 0.717) is 0 Å². The van der Waals surface area contributed by atoms with Gasteiger partial charge in [0.15, 0.2) is 0 Å². The topological polar surface area (TPSA) is 45.2 Å². The Balaban J connectivity index is 1.87. The number of piperazine rings is 1. The van der Waals surface area contributed by atoms with Gasteiger partial charge in [-0.25, -0.2) is 5.26 Å². The molecule has 0 aliphatic carbocycles. The molecule has 0 bridgehead atoms. The zero-order valence-corrected chi connectivity index (χ0v) is 10.0. The monoisotopic (exact) mass is 236 g/mol. The lowest BCUT2D eigenvalue weighted by Crippen LogP contribution is -2.44. The maximum atomic E-state index is 7.90. The maximum absolute atomic E-state index is 7.90. The van der Waals surface area contributed by atoms with Crippen LogP contribution < -0.4 is 0 Å². The Morgan fingerprint density at radius 3 is 2.60 bits per heavy atom. The van der Waals surface area contributed by atoms with Crippen molar-refractivity contribution in [3.8, 4) is 0 Å². The minimum absolute atomic E-state index is 0.855. The van der Waals surface area contributed by atoms with Crippen LogP contribution in [0.4, 0.5) is 0 Å². The average Bonchev–Trinajstić information content (AvgIpc) is 2.26. The third kappa shape index (κ3) is 6.34. The molecule has 1 N–H and O–H groups in total.